The summed E-state index contributed by atoms with van der Waals surface area (Å²) in [7, 11) is 0. The van der Waals surface area contributed by atoms with E-state index in [-0.39, 0.29) is 0 Å². The predicted molar refractivity (Wildman–Crippen MR) is 54.3 cm³/mol. The quantitative estimate of drug-likeness (QED) is 0.760. The standard InChI is InChI=1S/C8H12N4S/c1-2-3-4-9-7-11-13-8-10-5-6-12(7)8/h5-6H,2-4H2,1H3,(H,9,11). The molecule has 0 bridgehead atoms. The van der Waals surface area contributed by atoms with Gasteiger partial charge in [-0.2, -0.15) is 4.37 Å². The van der Waals surface area contributed by atoms with Crippen LogP contribution in [-0.4, -0.2) is 20.3 Å². The summed E-state index contributed by atoms with van der Waals surface area (Å²) in [6.07, 6.45) is 6.09. The molecule has 1 N–H and O–H groups in total. The highest BCUT2D eigenvalue weighted by Gasteiger charge is 2.03. The number of hydrogen-bond acceptors (Lipinski definition) is 4. The Morgan fingerprint density at radius 1 is 1.62 bits per heavy atom. The Kier molecular flexibility index (Phi) is 2.44. The second-order valence-corrected chi connectivity index (χ2v) is 3.60. The van der Waals surface area contributed by atoms with Gasteiger partial charge in [-0.05, 0) is 6.42 Å². The minimum absolute atomic E-state index is 0.908. The molecule has 0 saturated carbocycles. The van der Waals surface area contributed by atoms with Gasteiger partial charge in [-0.25, -0.2) is 4.98 Å². The number of fused-ring (bicyclic) bond motifs is 1. The number of aromatic nitrogens is 3. The number of rotatable bonds is 4. The van der Waals surface area contributed by atoms with Crippen LogP contribution in [0.25, 0.3) is 4.96 Å². The van der Waals surface area contributed by atoms with Crippen molar-refractivity contribution in [1.29, 1.82) is 0 Å². The summed E-state index contributed by atoms with van der Waals surface area (Å²) in [5.74, 6) is 0.908. The van der Waals surface area contributed by atoms with Crippen molar-refractivity contribution >= 4 is 22.4 Å². The average Bonchev–Trinajstić information content (AvgIpc) is 2.68. The van der Waals surface area contributed by atoms with Crippen molar-refractivity contribution in [1.82, 2.24) is 13.8 Å². The van der Waals surface area contributed by atoms with Crippen molar-refractivity contribution in [3.05, 3.63) is 12.4 Å². The van der Waals surface area contributed by atoms with Gasteiger partial charge in [0.1, 0.15) is 0 Å². The van der Waals surface area contributed by atoms with E-state index in [9.17, 15) is 0 Å². The van der Waals surface area contributed by atoms with Gasteiger partial charge in [-0.15, -0.1) is 0 Å². The van der Waals surface area contributed by atoms with Crippen molar-refractivity contribution in [2.75, 3.05) is 11.9 Å². The molecule has 2 heterocycles. The summed E-state index contributed by atoms with van der Waals surface area (Å²) in [5, 5.41) is 3.28. The predicted octanol–water partition coefficient (Wildman–Crippen LogP) is 2.00. The third-order valence-corrected chi connectivity index (χ3v) is 2.59. The molecule has 2 aromatic rings. The summed E-state index contributed by atoms with van der Waals surface area (Å²) in [6.45, 7) is 3.16. The molecule has 0 amide bonds. The fourth-order valence-electron chi connectivity index (χ4n) is 1.14. The highest BCUT2D eigenvalue weighted by molar-refractivity contribution is 7.11. The minimum Gasteiger partial charge on any atom is -0.355 e. The first-order valence-corrected chi connectivity index (χ1v) is 5.21. The molecule has 70 valence electrons. The molecule has 0 saturated heterocycles. The fourth-order valence-corrected chi connectivity index (χ4v) is 1.80. The smallest absolute Gasteiger partial charge is 0.220 e. The number of unbranched alkanes of at least 4 members (excludes halogenated alkanes) is 1. The van der Waals surface area contributed by atoms with Crippen LogP contribution in [-0.2, 0) is 0 Å². The molecule has 4 nitrogen and oxygen atoms in total. The van der Waals surface area contributed by atoms with Crippen LogP contribution in [0.1, 0.15) is 19.8 Å². The van der Waals surface area contributed by atoms with E-state index in [2.05, 4.69) is 21.6 Å². The first kappa shape index (κ1) is 8.50. The third kappa shape index (κ3) is 1.65. The van der Waals surface area contributed by atoms with Crippen LogP contribution in [0.3, 0.4) is 0 Å². The molecule has 0 unspecified atom stereocenters. The third-order valence-electron chi connectivity index (χ3n) is 1.86. The molecule has 13 heavy (non-hydrogen) atoms. The molecule has 0 atom stereocenters. The van der Waals surface area contributed by atoms with Gasteiger partial charge in [0.2, 0.25) is 10.9 Å². The van der Waals surface area contributed by atoms with Gasteiger partial charge in [-0.1, -0.05) is 13.3 Å². The van der Waals surface area contributed by atoms with Crippen LogP contribution in [0, 0.1) is 0 Å². The van der Waals surface area contributed by atoms with Gasteiger partial charge >= 0.3 is 0 Å². The molecular formula is C8H12N4S. The van der Waals surface area contributed by atoms with E-state index in [0.29, 0.717) is 0 Å². The van der Waals surface area contributed by atoms with Crippen molar-refractivity contribution in [3.8, 4) is 0 Å². The highest BCUT2D eigenvalue weighted by atomic mass is 32.1. The lowest BCUT2D eigenvalue weighted by Gasteiger charge is -2.00. The van der Waals surface area contributed by atoms with Gasteiger partial charge in [-0.3, -0.25) is 4.40 Å². The lowest BCUT2D eigenvalue weighted by atomic mass is 10.3. The number of hydrogen-bond donors (Lipinski definition) is 1. The van der Waals surface area contributed by atoms with Gasteiger partial charge in [0.15, 0.2) is 0 Å². The first-order valence-electron chi connectivity index (χ1n) is 4.44. The molecule has 5 heteroatoms. The maximum atomic E-state index is 4.26. The number of nitrogens with zero attached hydrogens (tertiary/aromatic N) is 3. The second kappa shape index (κ2) is 3.74. The first-order chi connectivity index (χ1) is 6.42. The largest absolute Gasteiger partial charge is 0.355 e. The molecular weight excluding hydrogens is 184 g/mol. The zero-order chi connectivity index (χ0) is 9.10. The van der Waals surface area contributed by atoms with Crippen molar-refractivity contribution in [3.63, 3.8) is 0 Å². The molecule has 0 aromatic carbocycles. The summed E-state index contributed by atoms with van der Waals surface area (Å²) in [6, 6.07) is 0. The lowest BCUT2D eigenvalue weighted by molar-refractivity contribution is 0.826. The Balaban J connectivity index is 2.09. The Hall–Kier alpha value is -1.10. The summed E-state index contributed by atoms with van der Waals surface area (Å²) in [5.41, 5.74) is 0. The molecule has 0 aliphatic heterocycles. The summed E-state index contributed by atoms with van der Waals surface area (Å²) < 4.78 is 6.23. The number of anilines is 1. The maximum absolute atomic E-state index is 4.26. The summed E-state index contributed by atoms with van der Waals surface area (Å²) in [4.78, 5) is 5.09. The van der Waals surface area contributed by atoms with Crippen LogP contribution >= 0.6 is 11.5 Å². The molecule has 0 aliphatic carbocycles. The number of nitrogens with one attached hydrogen (secondary N) is 1. The molecule has 2 rings (SSSR count). The van der Waals surface area contributed by atoms with Crippen LogP contribution in [0.5, 0.6) is 0 Å². The molecule has 0 spiro atoms. The topological polar surface area (TPSA) is 42.2 Å². The highest BCUT2D eigenvalue weighted by Crippen LogP contribution is 2.13. The zero-order valence-electron chi connectivity index (χ0n) is 7.53. The Labute approximate surface area is 80.8 Å². The normalized spacial score (nSPS) is 10.8. The van der Waals surface area contributed by atoms with Crippen molar-refractivity contribution < 1.29 is 0 Å². The van der Waals surface area contributed by atoms with E-state index < -0.39 is 0 Å². The monoisotopic (exact) mass is 196 g/mol. The van der Waals surface area contributed by atoms with Crippen LogP contribution in [0.2, 0.25) is 0 Å². The van der Waals surface area contributed by atoms with E-state index in [0.717, 1.165) is 17.5 Å². The fraction of sp³-hybridized carbons (Fsp3) is 0.500. The van der Waals surface area contributed by atoms with E-state index in [1.807, 2.05) is 10.6 Å². The Morgan fingerprint density at radius 2 is 2.54 bits per heavy atom. The van der Waals surface area contributed by atoms with Crippen molar-refractivity contribution in [2.24, 2.45) is 0 Å². The molecule has 2 aromatic heterocycles. The van der Waals surface area contributed by atoms with Gasteiger partial charge in [0.05, 0.1) is 0 Å². The van der Waals surface area contributed by atoms with E-state index >= 15 is 0 Å². The SMILES string of the molecule is CCCCNc1nsc2nccn12. The molecule has 0 radical (unpaired) electrons. The van der Waals surface area contributed by atoms with E-state index in [1.165, 1.54) is 24.4 Å². The van der Waals surface area contributed by atoms with Crippen LogP contribution in [0.4, 0.5) is 5.95 Å². The number of imidazole rings is 1. The zero-order valence-corrected chi connectivity index (χ0v) is 8.34. The van der Waals surface area contributed by atoms with Gasteiger partial charge in [0, 0.05) is 30.5 Å². The van der Waals surface area contributed by atoms with Gasteiger partial charge < -0.3 is 5.32 Å². The second-order valence-electron chi connectivity index (χ2n) is 2.87. The van der Waals surface area contributed by atoms with E-state index in [4.69, 9.17) is 0 Å². The van der Waals surface area contributed by atoms with Crippen LogP contribution < -0.4 is 5.32 Å². The Bertz CT molecular complexity index is 378. The summed E-state index contributed by atoms with van der Waals surface area (Å²) >= 11 is 1.42. The lowest BCUT2D eigenvalue weighted by Crippen LogP contribution is -2.03. The average molecular weight is 196 g/mol. The minimum atomic E-state index is 0.908. The molecule has 0 fully saturated rings. The Morgan fingerprint density at radius 3 is 3.38 bits per heavy atom. The van der Waals surface area contributed by atoms with E-state index in [1.54, 1.807) is 6.20 Å². The maximum Gasteiger partial charge on any atom is 0.220 e. The van der Waals surface area contributed by atoms with Crippen molar-refractivity contribution in [2.45, 2.75) is 19.8 Å². The van der Waals surface area contributed by atoms with Gasteiger partial charge in [0.25, 0.3) is 0 Å². The van der Waals surface area contributed by atoms with Crippen LogP contribution in [0.15, 0.2) is 12.4 Å². The molecule has 0 aliphatic rings.